The van der Waals surface area contributed by atoms with Crippen molar-refractivity contribution in [3.8, 4) is 0 Å². The summed E-state index contributed by atoms with van der Waals surface area (Å²) in [5.41, 5.74) is 7.79. The molecule has 5 rings (SSSR count). The molecule has 2 aliphatic carbocycles. The van der Waals surface area contributed by atoms with E-state index in [4.69, 9.17) is 0 Å². The van der Waals surface area contributed by atoms with Gasteiger partial charge in [0.25, 0.3) is 0 Å². The molecule has 6 heteroatoms. The number of hydrogen-bond acceptors (Lipinski definition) is 5. The lowest BCUT2D eigenvalue weighted by Gasteiger charge is -2.39. The lowest BCUT2D eigenvalue weighted by atomic mass is 9.69. The van der Waals surface area contributed by atoms with Crippen LogP contribution in [-0.2, 0) is 4.79 Å². The first-order chi connectivity index (χ1) is 16.3. The number of hydrazine groups is 1. The van der Waals surface area contributed by atoms with Crippen LogP contribution < -0.4 is 16.1 Å². The molecular formula is C28H35N5O. The summed E-state index contributed by atoms with van der Waals surface area (Å²) in [4.78, 5) is 17.5. The molecule has 0 radical (unpaired) electrons. The Balaban J connectivity index is 1.22. The normalized spacial score (nSPS) is 26.8. The standard InChI is InChI=1S/C28H35N5O/c1-27(2)20-12-14-28(27,3)25(16-20)31-26(34)18-24-13-15-29-19-33(24)32-23-11-7-10-22(17-23)30-21-8-5-4-6-9-21/h4-11,13,15,17,20,25,30,32H,12,14,16,18-19H2,1-3H3,(H,31,34). The summed E-state index contributed by atoms with van der Waals surface area (Å²) >= 11 is 0. The average Bonchev–Trinajstić information content (AvgIpc) is 3.15. The second-order valence-electron chi connectivity index (χ2n) is 10.7. The number of benzene rings is 2. The highest BCUT2D eigenvalue weighted by atomic mass is 16.1. The summed E-state index contributed by atoms with van der Waals surface area (Å²) in [6, 6.07) is 18.5. The van der Waals surface area contributed by atoms with Crippen LogP contribution in [0, 0.1) is 16.7 Å². The van der Waals surface area contributed by atoms with Crippen molar-refractivity contribution in [1.82, 2.24) is 10.3 Å². The van der Waals surface area contributed by atoms with Gasteiger partial charge in [-0.1, -0.05) is 45.0 Å². The van der Waals surface area contributed by atoms with Gasteiger partial charge in [0, 0.05) is 29.3 Å². The molecule has 3 atom stereocenters. The van der Waals surface area contributed by atoms with E-state index in [-0.39, 0.29) is 22.8 Å². The third-order valence-electron chi connectivity index (χ3n) is 8.60. The number of amides is 1. The number of aliphatic imine (C=N–C) groups is 1. The van der Waals surface area contributed by atoms with Crippen molar-refractivity contribution in [3.05, 3.63) is 66.4 Å². The molecule has 3 N–H and O–H groups in total. The number of allylic oxidation sites excluding steroid dienone is 1. The smallest absolute Gasteiger partial charge is 0.226 e. The zero-order chi connectivity index (χ0) is 23.8. The highest BCUT2D eigenvalue weighted by molar-refractivity contribution is 5.82. The summed E-state index contributed by atoms with van der Waals surface area (Å²) in [5.74, 6) is 0.793. The molecule has 3 unspecified atom stereocenters. The summed E-state index contributed by atoms with van der Waals surface area (Å²) in [6.07, 6.45) is 7.63. The van der Waals surface area contributed by atoms with Crippen LogP contribution in [0.2, 0.25) is 0 Å². The highest BCUT2D eigenvalue weighted by Gasteiger charge is 2.61. The van der Waals surface area contributed by atoms with Crippen molar-refractivity contribution in [1.29, 1.82) is 0 Å². The largest absolute Gasteiger partial charge is 0.355 e. The number of carbonyl (C=O) groups is 1. The van der Waals surface area contributed by atoms with Crippen LogP contribution >= 0.6 is 0 Å². The minimum absolute atomic E-state index is 0.0856. The first kappa shape index (κ1) is 22.5. The van der Waals surface area contributed by atoms with Crippen molar-refractivity contribution < 1.29 is 4.79 Å². The number of para-hydroxylation sites is 1. The molecule has 34 heavy (non-hydrogen) atoms. The summed E-state index contributed by atoms with van der Waals surface area (Å²) < 4.78 is 0. The Kier molecular flexibility index (Phi) is 5.84. The topological polar surface area (TPSA) is 68.8 Å². The molecule has 178 valence electrons. The van der Waals surface area contributed by atoms with E-state index in [0.29, 0.717) is 19.0 Å². The van der Waals surface area contributed by atoms with Crippen LogP contribution in [-0.4, -0.2) is 29.8 Å². The first-order valence-electron chi connectivity index (χ1n) is 12.3. The molecule has 0 saturated heterocycles. The van der Waals surface area contributed by atoms with E-state index in [1.54, 1.807) is 6.21 Å². The fourth-order valence-electron chi connectivity index (χ4n) is 6.05. The van der Waals surface area contributed by atoms with Gasteiger partial charge in [-0.05, 0) is 72.4 Å². The maximum atomic E-state index is 13.1. The molecule has 1 amide bonds. The Labute approximate surface area is 202 Å². The van der Waals surface area contributed by atoms with Crippen LogP contribution in [0.5, 0.6) is 0 Å². The zero-order valence-electron chi connectivity index (χ0n) is 20.3. The molecule has 0 spiro atoms. The van der Waals surface area contributed by atoms with Crippen LogP contribution in [0.3, 0.4) is 0 Å². The van der Waals surface area contributed by atoms with Gasteiger partial charge in [0.15, 0.2) is 0 Å². The first-order valence-corrected chi connectivity index (χ1v) is 12.3. The quantitative estimate of drug-likeness (QED) is 0.498. The number of nitrogens with zero attached hydrogens (tertiary/aromatic N) is 2. The minimum Gasteiger partial charge on any atom is -0.355 e. The van der Waals surface area contributed by atoms with E-state index in [1.165, 1.54) is 12.8 Å². The Morgan fingerprint density at radius 1 is 1.06 bits per heavy atom. The van der Waals surface area contributed by atoms with Gasteiger partial charge in [0.2, 0.25) is 5.91 Å². The fourth-order valence-corrected chi connectivity index (χ4v) is 6.05. The van der Waals surface area contributed by atoms with Crippen molar-refractivity contribution in [2.24, 2.45) is 21.7 Å². The van der Waals surface area contributed by atoms with Gasteiger partial charge < -0.3 is 10.6 Å². The Morgan fingerprint density at radius 3 is 2.56 bits per heavy atom. The maximum Gasteiger partial charge on any atom is 0.226 e. The zero-order valence-corrected chi connectivity index (χ0v) is 20.3. The average molecular weight is 458 g/mol. The van der Waals surface area contributed by atoms with Gasteiger partial charge in [-0.3, -0.25) is 20.2 Å². The Morgan fingerprint density at radius 2 is 1.82 bits per heavy atom. The fraction of sp³-hybridized carbons (Fsp3) is 0.429. The molecule has 6 nitrogen and oxygen atoms in total. The number of anilines is 3. The van der Waals surface area contributed by atoms with Crippen molar-refractivity contribution >= 4 is 29.2 Å². The second kappa shape index (κ2) is 8.82. The Bertz CT molecular complexity index is 1110. The van der Waals surface area contributed by atoms with Crippen molar-refractivity contribution in [2.75, 3.05) is 17.4 Å². The molecule has 2 bridgehead atoms. The van der Waals surface area contributed by atoms with Crippen molar-refractivity contribution in [2.45, 2.75) is 52.5 Å². The second-order valence-corrected chi connectivity index (χ2v) is 10.7. The molecule has 1 heterocycles. The molecule has 1 aliphatic heterocycles. The van der Waals surface area contributed by atoms with Gasteiger partial charge in [0.1, 0.15) is 6.67 Å². The van der Waals surface area contributed by atoms with E-state index in [1.807, 2.05) is 59.6 Å². The van der Waals surface area contributed by atoms with Gasteiger partial charge in [-0.2, -0.15) is 0 Å². The van der Waals surface area contributed by atoms with Crippen LogP contribution in [0.4, 0.5) is 17.1 Å². The number of nitrogens with one attached hydrogen (secondary N) is 3. The third-order valence-corrected chi connectivity index (χ3v) is 8.60. The predicted molar refractivity (Wildman–Crippen MR) is 139 cm³/mol. The van der Waals surface area contributed by atoms with E-state index in [2.05, 4.69) is 47.9 Å². The number of fused-ring (bicyclic) bond motifs is 2. The summed E-state index contributed by atoms with van der Waals surface area (Å²) in [6.45, 7) is 7.58. The molecule has 2 fully saturated rings. The predicted octanol–water partition coefficient (Wildman–Crippen LogP) is 5.71. The van der Waals surface area contributed by atoms with Gasteiger partial charge >= 0.3 is 0 Å². The van der Waals surface area contributed by atoms with Gasteiger partial charge in [-0.25, -0.2) is 0 Å². The lowest BCUT2D eigenvalue weighted by Crippen LogP contribution is -2.47. The molecule has 0 aromatic heterocycles. The number of hydrogen-bond donors (Lipinski definition) is 3. The van der Waals surface area contributed by atoms with Crippen molar-refractivity contribution in [3.63, 3.8) is 0 Å². The number of carbonyl (C=O) groups excluding carboxylic acids is 1. The van der Waals surface area contributed by atoms with E-state index in [0.717, 1.165) is 29.2 Å². The summed E-state index contributed by atoms with van der Waals surface area (Å²) in [7, 11) is 0. The van der Waals surface area contributed by atoms with Crippen LogP contribution in [0.15, 0.2) is 71.4 Å². The molecular weight excluding hydrogens is 422 g/mol. The van der Waals surface area contributed by atoms with E-state index < -0.39 is 0 Å². The lowest BCUT2D eigenvalue weighted by molar-refractivity contribution is -0.122. The summed E-state index contributed by atoms with van der Waals surface area (Å²) in [5, 5.41) is 8.76. The SMILES string of the molecule is CC1(C)C2CCC1(C)C(NC(=O)CC1=CC=NCN1Nc1cccc(Nc3ccccc3)c1)C2. The van der Waals surface area contributed by atoms with E-state index >= 15 is 0 Å². The minimum atomic E-state index is 0.0856. The molecule has 2 saturated carbocycles. The van der Waals surface area contributed by atoms with Gasteiger partial charge in [0.05, 0.1) is 12.1 Å². The molecule has 2 aromatic rings. The number of rotatable bonds is 7. The van der Waals surface area contributed by atoms with Gasteiger partial charge in [-0.15, -0.1) is 0 Å². The third kappa shape index (κ3) is 4.17. The van der Waals surface area contributed by atoms with E-state index in [9.17, 15) is 4.79 Å². The van der Waals surface area contributed by atoms with Crippen LogP contribution in [0.25, 0.3) is 0 Å². The maximum absolute atomic E-state index is 13.1. The molecule has 3 aliphatic rings. The monoisotopic (exact) mass is 457 g/mol. The Hall–Kier alpha value is -3.28. The van der Waals surface area contributed by atoms with Crippen LogP contribution in [0.1, 0.15) is 46.5 Å². The molecule has 2 aromatic carbocycles. The highest BCUT2D eigenvalue weighted by Crippen LogP contribution is 2.65.